The molecule has 1 aromatic heterocycles. The molecule has 2 heterocycles. The number of hydrogen-bond donors (Lipinski definition) is 2. The van der Waals surface area contributed by atoms with Crippen LogP contribution in [0.4, 0.5) is 18.9 Å². The number of benzene rings is 1. The summed E-state index contributed by atoms with van der Waals surface area (Å²) in [6.07, 6.45) is 1.18. The molecule has 0 amide bonds. The molecule has 1 fully saturated rings. The van der Waals surface area contributed by atoms with Gasteiger partial charge in [0.25, 0.3) is 0 Å². The summed E-state index contributed by atoms with van der Waals surface area (Å²) in [6, 6.07) is 5.21. The van der Waals surface area contributed by atoms with Crippen molar-refractivity contribution < 1.29 is 17.9 Å². The number of nitrogens with zero attached hydrogens (tertiary/aromatic N) is 2. The lowest BCUT2D eigenvalue weighted by Gasteiger charge is -2.13. The van der Waals surface area contributed by atoms with Crippen LogP contribution in [0.1, 0.15) is 24.0 Å². The van der Waals surface area contributed by atoms with Crippen molar-refractivity contribution in [3.05, 3.63) is 47.8 Å². The van der Waals surface area contributed by atoms with Crippen molar-refractivity contribution >= 4 is 23.0 Å². The van der Waals surface area contributed by atoms with E-state index in [1.54, 1.807) is 23.1 Å². The van der Waals surface area contributed by atoms with Gasteiger partial charge in [-0.2, -0.15) is 18.3 Å². The van der Waals surface area contributed by atoms with Crippen molar-refractivity contribution in [3.8, 4) is 0 Å². The van der Waals surface area contributed by atoms with Gasteiger partial charge in [-0.15, -0.1) is 0 Å². The first-order valence-electron chi connectivity index (χ1n) is 8.25. The van der Waals surface area contributed by atoms with Crippen molar-refractivity contribution in [2.75, 3.05) is 18.5 Å². The van der Waals surface area contributed by atoms with Crippen molar-refractivity contribution in [2.24, 2.45) is 0 Å². The molecule has 5 nitrogen and oxygen atoms in total. The third-order valence-electron chi connectivity index (χ3n) is 4.00. The zero-order valence-corrected chi connectivity index (χ0v) is 14.7. The summed E-state index contributed by atoms with van der Waals surface area (Å²) in [6.45, 7) is 1.67. The molecular formula is C17H19F3N4OS. The molecule has 0 bridgehead atoms. The van der Waals surface area contributed by atoms with E-state index in [2.05, 4.69) is 15.7 Å². The number of aromatic nitrogens is 2. The number of halogens is 3. The number of rotatable bonds is 5. The summed E-state index contributed by atoms with van der Waals surface area (Å²) in [4.78, 5) is 0. The summed E-state index contributed by atoms with van der Waals surface area (Å²) in [5.74, 6) is 0. The first kappa shape index (κ1) is 18.7. The number of alkyl halides is 3. The van der Waals surface area contributed by atoms with Crippen molar-refractivity contribution in [2.45, 2.75) is 31.7 Å². The smallest absolute Gasteiger partial charge is 0.376 e. The molecule has 0 radical (unpaired) electrons. The highest BCUT2D eigenvalue weighted by atomic mass is 32.1. The lowest BCUT2D eigenvalue weighted by molar-refractivity contribution is -0.137. The van der Waals surface area contributed by atoms with Gasteiger partial charge in [0.05, 0.1) is 30.1 Å². The summed E-state index contributed by atoms with van der Waals surface area (Å²) in [7, 11) is 0. The SMILES string of the molecule is FC(F)(F)c1cccc(Cn2cc(NC(=S)NC[C@H]3CCCO3)cn2)c1. The van der Waals surface area contributed by atoms with E-state index in [-0.39, 0.29) is 12.6 Å². The van der Waals surface area contributed by atoms with Gasteiger partial charge in [-0.3, -0.25) is 4.68 Å². The molecule has 0 saturated carbocycles. The zero-order chi connectivity index (χ0) is 18.6. The third kappa shape index (κ3) is 5.18. The van der Waals surface area contributed by atoms with Crippen LogP contribution in [0.5, 0.6) is 0 Å². The number of anilines is 1. The Morgan fingerprint density at radius 3 is 2.96 bits per heavy atom. The van der Waals surface area contributed by atoms with Crippen LogP contribution in [0.3, 0.4) is 0 Å². The Balaban J connectivity index is 1.53. The van der Waals surface area contributed by atoms with Gasteiger partial charge >= 0.3 is 6.18 Å². The number of ether oxygens (including phenoxy) is 1. The molecule has 9 heteroatoms. The van der Waals surface area contributed by atoms with Gasteiger partial charge in [-0.1, -0.05) is 12.1 Å². The van der Waals surface area contributed by atoms with Crippen LogP contribution >= 0.6 is 12.2 Å². The molecule has 1 atom stereocenters. The highest BCUT2D eigenvalue weighted by molar-refractivity contribution is 7.80. The van der Waals surface area contributed by atoms with Gasteiger partial charge < -0.3 is 15.4 Å². The summed E-state index contributed by atoms with van der Waals surface area (Å²) in [5, 5.41) is 10.7. The fourth-order valence-corrected chi connectivity index (χ4v) is 2.94. The Labute approximate surface area is 154 Å². The molecule has 2 N–H and O–H groups in total. The quantitative estimate of drug-likeness (QED) is 0.774. The van der Waals surface area contributed by atoms with Gasteiger partial charge in [0.15, 0.2) is 5.11 Å². The van der Waals surface area contributed by atoms with E-state index in [1.807, 2.05) is 0 Å². The van der Waals surface area contributed by atoms with Crippen molar-refractivity contribution in [1.82, 2.24) is 15.1 Å². The third-order valence-corrected chi connectivity index (χ3v) is 4.25. The van der Waals surface area contributed by atoms with Crippen LogP contribution in [0.2, 0.25) is 0 Å². The maximum Gasteiger partial charge on any atom is 0.416 e. The Kier molecular flexibility index (Phi) is 5.77. The van der Waals surface area contributed by atoms with Gasteiger partial charge in [0, 0.05) is 19.3 Å². The van der Waals surface area contributed by atoms with Crippen LogP contribution in [0.15, 0.2) is 36.7 Å². The lowest BCUT2D eigenvalue weighted by Crippen LogP contribution is -2.34. The fraction of sp³-hybridized carbons (Fsp3) is 0.412. The lowest BCUT2D eigenvalue weighted by atomic mass is 10.1. The molecule has 2 aromatic rings. The average Bonchev–Trinajstić information content (AvgIpc) is 3.24. The second-order valence-corrected chi connectivity index (χ2v) is 6.50. The van der Waals surface area contributed by atoms with Gasteiger partial charge in [0.1, 0.15) is 0 Å². The van der Waals surface area contributed by atoms with Gasteiger partial charge in [-0.25, -0.2) is 0 Å². The van der Waals surface area contributed by atoms with E-state index in [9.17, 15) is 13.2 Å². The van der Waals surface area contributed by atoms with E-state index < -0.39 is 11.7 Å². The average molecular weight is 384 g/mol. The van der Waals surface area contributed by atoms with E-state index in [0.29, 0.717) is 22.9 Å². The number of thiocarbonyl (C=S) groups is 1. The first-order chi connectivity index (χ1) is 12.4. The normalized spacial score (nSPS) is 17.3. The van der Waals surface area contributed by atoms with Gasteiger partial charge in [-0.05, 0) is 42.8 Å². The van der Waals surface area contributed by atoms with E-state index in [1.165, 1.54) is 6.07 Å². The van der Waals surface area contributed by atoms with Crippen LogP contribution in [0.25, 0.3) is 0 Å². The first-order valence-corrected chi connectivity index (χ1v) is 8.66. The number of hydrogen-bond acceptors (Lipinski definition) is 3. The maximum absolute atomic E-state index is 12.8. The van der Waals surface area contributed by atoms with E-state index in [4.69, 9.17) is 17.0 Å². The second-order valence-electron chi connectivity index (χ2n) is 6.09. The molecule has 1 aromatic carbocycles. The Morgan fingerprint density at radius 2 is 2.23 bits per heavy atom. The zero-order valence-electron chi connectivity index (χ0n) is 13.9. The molecular weight excluding hydrogens is 365 g/mol. The summed E-state index contributed by atoms with van der Waals surface area (Å²) in [5.41, 5.74) is 0.524. The highest BCUT2D eigenvalue weighted by Gasteiger charge is 2.30. The predicted octanol–water partition coefficient (Wildman–Crippen LogP) is 3.42. The monoisotopic (exact) mass is 384 g/mol. The fourth-order valence-electron chi connectivity index (χ4n) is 2.73. The van der Waals surface area contributed by atoms with Gasteiger partial charge in [0.2, 0.25) is 0 Å². The van der Waals surface area contributed by atoms with Crippen LogP contribution in [-0.4, -0.2) is 34.1 Å². The highest BCUT2D eigenvalue weighted by Crippen LogP contribution is 2.29. The molecule has 1 saturated heterocycles. The topological polar surface area (TPSA) is 51.1 Å². The molecule has 0 spiro atoms. The van der Waals surface area contributed by atoms with Crippen molar-refractivity contribution in [1.29, 1.82) is 0 Å². The standard InChI is InChI=1S/C17H19F3N4OS/c18-17(19,20)13-4-1-3-12(7-13)10-24-11-14(8-22-24)23-16(26)21-9-15-5-2-6-25-15/h1,3-4,7-8,11,15H,2,5-6,9-10H2,(H2,21,23,26)/t15-/m1/s1. The molecule has 0 unspecified atom stereocenters. The maximum atomic E-state index is 12.8. The minimum absolute atomic E-state index is 0.179. The van der Waals surface area contributed by atoms with Crippen LogP contribution in [-0.2, 0) is 17.5 Å². The summed E-state index contributed by atoms with van der Waals surface area (Å²) < 4.78 is 45.4. The Morgan fingerprint density at radius 1 is 1.38 bits per heavy atom. The van der Waals surface area contributed by atoms with E-state index in [0.717, 1.165) is 31.6 Å². The number of nitrogens with one attached hydrogen (secondary N) is 2. The van der Waals surface area contributed by atoms with Crippen LogP contribution in [0, 0.1) is 0 Å². The van der Waals surface area contributed by atoms with Crippen LogP contribution < -0.4 is 10.6 Å². The minimum Gasteiger partial charge on any atom is -0.376 e. The molecule has 1 aliphatic heterocycles. The second kappa shape index (κ2) is 8.05. The van der Waals surface area contributed by atoms with Crippen molar-refractivity contribution in [3.63, 3.8) is 0 Å². The molecule has 140 valence electrons. The van der Waals surface area contributed by atoms with E-state index >= 15 is 0 Å². The predicted molar refractivity (Wildman–Crippen MR) is 96.0 cm³/mol. The Bertz CT molecular complexity index is 756. The summed E-state index contributed by atoms with van der Waals surface area (Å²) >= 11 is 5.23. The minimum atomic E-state index is -4.35. The molecule has 26 heavy (non-hydrogen) atoms. The molecule has 0 aliphatic carbocycles. The molecule has 1 aliphatic rings. The largest absolute Gasteiger partial charge is 0.416 e. The Hall–Kier alpha value is -2.13. The molecule has 3 rings (SSSR count).